The molecule has 0 saturated carbocycles. The largest absolute Gasteiger partial charge is 0.256 e. The maximum Gasteiger partial charge on any atom is 0.242 e. The Hall–Kier alpha value is -1.39. The van der Waals surface area contributed by atoms with Crippen molar-refractivity contribution in [2.75, 3.05) is 11.6 Å². The van der Waals surface area contributed by atoms with Crippen molar-refractivity contribution in [3.05, 3.63) is 85.0 Å². The fourth-order valence-corrected chi connectivity index (χ4v) is 5.54. The standard InChI is InChI=1S/C21H15BrCl4N4O2S/c22-17-9-16(11-27-21(17)26)33(31,32)28-10-15-8-20(12-1-3-13(23)4-2-12)30(29-15)19-6-5-14(24)7-18(19)25/h1-7,9,11,20,28H,8,10H2. The summed E-state index contributed by atoms with van der Waals surface area (Å²) in [6.07, 6.45) is 1.67. The first kappa shape index (κ1) is 24.7. The van der Waals surface area contributed by atoms with Crippen LogP contribution in [0, 0.1) is 0 Å². The second kappa shape index (κ2) is 10.1. The van der Waals surface area contributed by atoms with Gasteiger partial charge in [0.15, 0.2) is 0 Å². The summed E-state index contributed by atoms with van der Waals surface area (Å²) in [7, 11) is -3.83. The van der Waals surface area contributed by atoms with Gasteiger partial charge >= 0.3 is 0 Å². The van der Waals surface area contributed by atoms with Gasteiger partial charge < -0.3 is 0 Å². The molecule has 0 radical (unpaired) electrons. The molecule has 1 atom stereocenters. The van der Waals surface area contributed by atoms with Crippen LogP contribution >= 0.6 is 62.3 Å². The third-order valence-electron chi connectivity index (χ3n) is 4.93. The molecule has 0 amide bonds. The van der Waals surface area contributed by atoms with Crippen LogP contribution in [0.1, 0.15) is 18.0 Å². The van der Waals surface area contributed by atoms with Crippen LogP contribution in [0.25, 0.3) is 0 Å². The number of sulfonamides is 1. The number of nitrogens with zero attached hydrogens (tertiary/aromatic N) is 3. The van der Waals surface area contributed by atoms with Crippen LogP contribution in [0.3, 0.4) is 0 Å². The van der Waals surface area contributed by atoms with Crippen molar-refractivity contribution in [1.82, 2.24) is 9.71 Å². The molecule has 33 heavy (non-hydrogen) atoms. The number of hydrogen-bond donors (Lipinski definition) is 1. The summed E-state index contributed by atoms with van der Waals surface area (Å²) in [6, 6.07) is 13.7. The van der Waals surface area contributed by atoms with E-state index in [2.05, 4.69) is 30.7 Å². The van der Waals surface area contributed by atoms with E-state index in [1.807, 2.05) is 12.1 Å². The molecule has 0 saturated heterocycles. The average Bonchev–Trinajstić information content (AvgIpc) is 3.19. The van der Waals surface area contributed by atoms with Crippen molar-refractivity contribution in [2.45, 2.75) is 17.4 Å². The van der Waals surface area contributed by atoms with Crippen LogP contribution in [0.15, 0.2) is 69.2 Å². The average molecular weight is 609 g/mol. The molecule has 1 N–H and O–H groups in total. The van der Waals surface area contributed by atoms with Gasteiger partial charge in [0.2, 0.25) is 10.0 Å². The van der Waals surface area contributed by atoms with Gasteiger partial charge in [-0.05, 0) is 57.9 Å². The van der Waals surface area contributed by atoms with Crippen LogP contribution in [-0.2, 0) is 10.0 Å². The summed E-state index contributed by atoms with van der Waals surface area (Å²) in [5.41, 5.74) is 2.24. The molecule has 1 aliphatic heterocycles. The number of nitrogens with one attached hydrogen (secondary N) is 1. The first-order valence-electron chi connectivity index (χ1n) is 9.51. The SMILES string of the molecule is O=S(=O)(NCC1=NN(c2ccc(Cl)cc2Cl)C(c2ccc(Cl)cc2)C1)c1cnc(Cl)c(Br)c1. The lowest BCUT2D eigenvalue weighted by molar-refractivity contribution is 0.585. The van der Waals surface area contributed by atoms with Crippen molar-refractivity contribution in [3.63, 3.8) is 0 Å². The molecule has 1 aliphatic rings. The summed E-state index contributed by atoms with van der Waals surface area (Å²) in [5.74, 6) is 0. The minimum absolute atomic E-state index is 0.00831. The third-order valence-corrected chi connectivity index (χ3v) is 8.22. The predicted molar refractivity (Wildman–Crippen MR) is 137 cm³/mol. The van der Waals surface area contributed by atoms with Gasteiger partial charge in [-0.25, -0.2) is 18.1 Å². The maximum absolute atomic E-state index is 12.8. The number of benzene rings is 2. The molecule has 6 nitrogen and oxygen atoms in total. The van der Waals surface area contributed by atoms with Crippen LogP contribution in [-0.4, -0.2) is 25.7 Å². The lowest BCUT2D eigenvalue weighted by Crippen LogP contribution is -2.29. The highest BCUT2D eigenvalue weighted by Crippen LogP contribution is 2.39. The Morgan fingerprint density at radius 2 is 1.73 bits per heavy atom. The number of hydrazone groups is 1. The first-order valence-corrected chi connectivity index (χ1v) is 13.3. The minimum Gasteiger partial charge on any atom is -0.256 e. The van der Waals surface area contributed by atoms with E-state index < -0.39 is 10.0 Å². The molecule has 0 spiro atoms. The molecule has 0 bridgehead atoms. The maximum atomic E-state index is 12.8. The van der Waals surface area contributed by atoms with Crippen molar-refractivity contribution in [2.24, 2.45) is 5.10 Å². The molecular formula is C21H15BrCl4N4O2S. The van der Waals surface area contributed by atoms with E-state index in [4.69, 9.17) is 46.4 Å². The van der Waals surface area contributed by atoms with Crippen LogP contribution in [0.5, 0.6) is 0 Å². The van der Waals surface area contributed by atoms with Gasteiger partial charge in [0, 0.05) is 22.7 Å². The lowest BCUT2D eigenvalue weighted by Gasteiger charge is -2.25. The second-order valence-corrected chi connectivity index (χ2v) is 11.4. The quantitative estimate of drug-likeness (QED) is 0.314. The van der Waals surface area contributed by atoms with E-state index in [1.54, 1.807) is 35.3 Å². The van der Waals surface area contributed by atoms with Crippen molar-refractivity contribution >= 4 is 83.8 Å². The Morgan fingerprint density at radius 1 is 1.03 bits per heavy atom. The van der Waals surface area contributed by atoms with Crippen LogP contribution in [0.2, 0.25) is 20.2 Å². The summed E-state index contributed by atoms with van der Waals surface area (Å²) in [4.78, 5) is 3.87. The number of hydrogen-bond acceptors (Lipinski definition) is 5. The molecule has 0 fully saturated rings. The number of pyridine rings is 1. The summed E-state index contributed by atoms with van der Waals surface area (Å²) >= 11 is 27.6. The summed E-state index contributed by atoms with van der Waals surface area (Å²) < 4.78 is 28.5. The van der Waals surface area contributed by atoms with Crippen LogP contribution < -0.4 is 9.73 Å². The van der Waals surface area contributed by atoms with Crippen molar-refractivity contribution < 1.29 is 8.42 Å². The Balaban J connectivity index is 1.61. The Labute approximate surface area is 219 Å². The zero-order valence-corrected chi connectivity index (χ0v) is 22.1. The van der Waals surface area contributed by atoms with Gasteiger partial charge in [-0.15, -0.1) is 0 Å². The van der Waals surface area contributed by atoms with Gasteiger partial charge in [0.25, 0.3) is 0 Å². The highest BCUT2D eigenvalue weighted by Gasteiger charge is 2.31. The molecular weight excluding hydrogens is 594 g/mol. The summed E-state index contributed by atoms with van der Waals surface area (Å²) in [6.45, 7) is 0.00831. The van der Waals surface area contributed by atoms with Crippen LogP contribution in [0.4, 0.5) is 5.69 Å². The highest BCUT2D eigenvalue weighted by atomic mass is 79.9. The van der Waals surface area contributed by atoms with E-state index in [-0.39, 0.29) is 22.6 Å². The summed E-state index contributed by atoms with van der Waals surface area (Å²) in [5, 5.41) is 8.17. The number of rotatable bonds is 6. The van der Waals surface area contributed by atoms with Gasteiger partial charge in [0.05, 0.1) is 33.5 Å². The second-order valence-electron chi connectivity index (χ2n) is 7.15. The normalized spacial score (nSPS) is 16.2. The third kappa shape index (κ3) is 5.65. The highest BCUT2D eigenvalue weighted by molar-refractivity contribution is 9.10. The van der Waals surface area contributed by atoms with E-state index in [1.165, 1.54) is 12.3 Å². The van der Waals surface area contributed by atoms with Gasteiger partial charge in [-0.1, -0.05) is 58.5 Å². The Morgan fingerprint density at radius 3 is 2.39 bits per heavy atom. The fourth-order valence-electron chi connectivity index (χ4n) is 3.33. The van der Waals surface area contributed by atoms with Gasteiger partial charge in [-0.3, -0.25) is 5.01 Å². The topological polar surface area (TPSA) is 74.7 Å². The molecule has 2 aromatic carbocycles. The fraction of sp³-hybridized carbons (Fsp3) is 0.143. The minimum atomic E-state index is -3.83. The van der Waals surface area contributed by atoms with Gasteiger partial charge in [0.1, 0.15) is 10.0 Å². The van der Waals surface area contributed by atoms with Gasteiger partial charge in [-0.2, -0.15) is 5.10 Å². The molecule has 4 rings (SSSR count). The molecule has 1 aromatic heterocycles. The number of halogens is 5. The lowest BCUT2D eigenvalue weighted by atomic mass is 10.0. The smallest absolute Gasteiger partial charge is 0.242 e. The van der Waals surface area contributed by atoms with E-state index >= 15 is 0 Å². The molecule has 12 heteroatoms. The zero-order chi connectivity index (χ0) is 23.8. The van der Waals surface area contributed by atoms with E-state index in [0.717, 1.165) is 5.56 Å². The molecule has 172 valence electrons. The first-order chi connectivity index (χ1) is 15.6. The molecule has 1 unspecified atom stereocenters. The molecule has 0 aliphatic carbocycles. The molecule has 3 aromatic rings. The molecule has 2 heterocycles. The predicted octanol–water partition coefficient (Wildman–Crippen LogP) is 6.74. The Bertz CT molecular complexity index is 1340. The van der Waals surface area contributed by atoms with E-state index in [0.29, 0.717) is 37.4 Å². The van der Waals surface area contributed by atoms with Crippen molar-refractivity contribution in [1.29, 1.82) is 0 Å². The monoisotopic (exact) mass is 606 g/mol. The van der Waals surface area contributed by atoms with Crippen molar-refractivity contribution in [3.8, 4) is 0 Å². The Kier molecular flexibility index (Phi) is 7.55. The number of anilines is 1. The number of aromatic nitrogens is 1. The zero-order valence-electron chi connectivity index (χ0n) is 16.6. The van der Waals surface area contributed by atoms with E-state index in [9.17, 15) is 8.42 Å².